The lowest BCUT2D eigenvalue weighted by molar-refractivity contribution is 0.0955. The molecule has 3 rings (SSSR count). The van der Waals surface area contributed by atoms with Gasteiger partial charge in [-0.25, -0.2) is 9.82 Å². The fourth-order valence-corrected chi connectivity index (χ4v) is 3.02. The van der Waals surface area contributed by atoms with Gasteiger partial charge in [-0.2, -0.15) is 5.10 Å². The van der Waals surface area contributed by atoms with Gasteiger partial charge in [0.05, 0.1) is 6.21 Å². The van der Waals surface area contributed by atoms with Crippen LogP contribution in [0.1, 0.15) is 39.8 Å². The minimum atomic E-state index is -0.380. The first-order valence-electron chi connectivity index (χ1n) is 8.87. The number of hydrogen-bond acceptors (Lipinski definition) is 2. The summed E-state index contributed by atoms with van der Waals surface area (Å²) in [6.07, 6.45) is 2.64. The largest absolute Gasteiger partial charge is 0.318 e. The number of amides is 1. The second-order valence-corrected chi connectivity index (χ2v) is 6.39. The van der Waals surface area contributed by atoms with Crippen molar-refractivity contribution < 1.29 is 9.18 Å². The zero-order valence-electron chi connectivity index (χ0n) is 15.7. The Labute approximate surface area is 158 Å². The molecule has 1 aromatic heterocycles. The minimum Gasteiger partial charge on any atom is -0.318 e. The molecule has 0 aliphatic rings. The Bertz CT molecular complexity index is 970. The van der Waals surface area contributed by atoms with Crippen LogP contribution >= 0.6 is 0 Å². The lowest BCUT2D eigenvalue weighted by Crippen LogP contribution is -2.17. The fourth-order valence-electron chi connectivity index (χ4n) is 3.02. The molecule has 0 bridgehead atoms. The maximum absolute atomic E-state index is 12.9. The van der Waals surface area contributed by atoms with E-state index in [0.717, 1.165) is 29.1 Å². The summed E-state index contributed by atoms with van der Waals surface area (Å²) in [7, 11) is 0. The van der Waals surface area contributed by atoms with Crippen molar-refractivity contribution >= 4 is 12.1 Å². The zero-order chi connectivity index (χ0) is 19.4. The summed E-state index contributed by atoms with van der Waals surface area (Å²) in [4.78, 5) is 12.0. The summed E-state index contributed by atoms with van der Waals surface area (Å²) >= 11 is 0. The molecule has 0 aliphatic carbocycles. The Kier molecular flexibility index (Phi) is 5.50. The Morgan fingerprint density at radius 2 is 1.78 bits per heavy atom. The smallest absolute Gasteiger partial charge is 0.271 e. The van der Waals surface area contributed by atoms with Crippen LogP contribution in [0.5, 0.6) is 0 Å². The van der Waals surface area contributed by atoms with Crippen LogP contribution in [0.2, 0.25) is 0 Å². The van der Waals surface area contributed by atoms with E-state index in [1.165, 1.54) is 29.8 Å². The number of hydrazone groups is 1. The molecule has 0 unspecified atom stereocenters. The van der Waals surface area contributed by atoms with E-state index in [1.807, 2.05) is 19.9 Å². The Hall–Kier alpha value is -3.21. The molecule has 1 amide bonds. The first-order valence-corrected chi connectivity index (χ1v) is 8.87. The fraction of sp³-hybridized carbons (Fsp3) is 0.182. The van der Waals surface area contributed by atoms with Crippen molar-refractivity contribution in [1.29, 1.82) is 0 Å². The van der Waals surface area contributed by atoms with Gasteiger partial charge in [-0.3, -0.25) is 4.79 Å². The van der Waals surface area contributed by atoms with Gasteiger partial charge in [0, 0.05) is 28.2 Å². The van der Waals surface area contributed by atoms with Crippen LogP contribution in [0.4, 0.5) is 4.39 Å². The summed E-state index contributed by atoms with van der Waals surface area (Å²) in [5.41, 5.74) is 8.27. The number of nitrogens with one attached hydrogen (secondary N) is 1. The second-order valence-electron chi connectivity index (χ2n) is 6.39. The average Bonchev–Trinajstić information content (AvgIpc) is 2.96. The van der Waals surface area contributed by atoms with Gasteiger partial charge in [0.1, 0.15) is 5.82 Å². The first kappa shape index (κ1) is 18.6. The van der Waals surface area contributed by atoms with Gasteiger partial charge >= 0.3 is 0 Å². The van der Waals surface area contributed by atoms with E-state index in [9.17, 15) is 9.18 Å². The number of rotatable bonds is 5. The highest BCUT2D eigenvalue weighted by Crippen LogP contribution is 2.20. The molecular weight excluding hydrogens is 341 g/mol. The highest BCUT2D eigenvalue weighted by atomic mass is 19.1. The van der Waals surface area contributed by atoms with Crippen molar-refractivity contribution in [3.05, 3.63) is 88.5 Å². The lowest BCUT2D eigenvalue weighted by atomic mass is 10.1. The SMILES string of the molecule is CCc1ccc(-n2c(C)cc(/C=N\NC(=O)c3ccc(F)cc3)c2C)cc1. The molecule has 0 saturated heterocycles. The molecule has 0 aliphatic heterocycles. The van der Waals surface area contributed by atoms with Crippen molar-refractivity contribution in [2.75, 3.05) is 0 Å². The van der Waals surface area contributed by atoms with Gasteiger partial charge in [0.2, 0.25) is 0 Å². The maximum atomic E-state index is 12.9. The molecule has 2 aromatic carbocycles. The topological polar surface area (TPSA) is 46.4 Å². The van der Waals surface area contributed by atoms with E-state index >= 15 is 0 Å². The number of aryl methyl sites for hydroxylation is 2. The molecule has 0 fully saturated rings. The standard InChI is InChI=1S/C22H22FN3O/c1-4-17-5-11-21(12-6-17)26-15(2)13-19(16(26)3)14-24-25-22(27)18-7-9-20(23)10-8-18/h5-14H,4H2,1-3H3,(H,25,27)/b24-14-. The summed E-state index contributed by atoms with van der Waals surface area (Å²) in [5.74, 6) is -0.760. The number of benzene rings is 2. The van der Waals surface area contributed by atoms with Crippen LogP contribution in [0.3, 0.4) is 0 Å². The monoisotopic (exact) mass is 363 g/mol. The van der Waals surface area contributed by atoms with Crippen LogP contribution in [0.25, 0.3) is 5.69 Å². The van der Waals surface area contributed by atoms with Crippen molar-refractivity contribution in [3.63, 3.8) is 0 Å². The quantitative estimate of drug-likeness (QED) is 0.524. The summed E-state index contributed by atoms with van der Waals surface area (Å²) in [5, 5.41) is 4.05. The molecule has 0 saturated carbocycles. The third-order valence-electron chi connectivity index (χ3n) is 4.55. The van der Waals surface area contributed by atoms with Crippen LogP contribution < -0.4 is 5.43 Å². The third-order valence-corrected chi connectivity index (χ3v) is 4.55. The van der Waals surface area contributed by atoms with E-state index in [-0.39, 0.29) is 11.7 Å². The van der Waals surface area contributed by atoms with Gasteiger partial charge in [-0.15, -0.1) is 0 Å². The van der Waals surface area contributed by atoms with Crippen molar-refractivity contribution in [2.24, 2.45) is 5.10 Å². The average molecular weight is 363 g/mol. The molecule has 3 aromatic rings. The molecule has 0 radical (unpaired) electrons. The van der Waals surface area contributed by atoms with Gasteiger partial charge < -0.3 is 4.57 Å². The van der Waals surface area contributed by atoms with E-state index in [4.69, 9.17) is 0 Å². The molecule has 138 valence electrons. The van der Waals surface area contributed by atoms with Crippen LogP contribution in [0, 0.1) is 19.7 Å². The van der Waals surface area contributed by atoms with Gasteiger partial charge in [0.25, 0.3) is 5.91 Å². The van der Waals surface area contributed by atoms with E-state index in [0.29, 0.717) is 5.56 Å². The van der Waals surface area contributed by atoms with Crippen molar-refractivity contribution in [1.82, 2.24) is 9.99 Å². The Balaban J connectivity index is 1.76. The van der Waals surface area contributed by atoms with E-state index < -0.39 is 0 Å². The number of carbonyl (C=O) groups excluding carboxylic acids is 1. The van der Waals surface area contributed by atoms with Crippen LogP contribution in [-0.2, 0) is 6.42 Å². The molecule has 27 heavy (non-hydrogen) atoms. The summed E-state index contributed by atoms with van der Waals surface area (Å²) in [6, 6.07) is 15.8. The number of aromatic nitrogens is 1. The predicted octanol–water partition coefficient (Wildman–Crippen LogP) is 4.56. The van der Waals surface area contributed by atoms with E-state index in [1.54, 1.807) is 6.21 Å². The number of hydrogen-bond donors (Lipinski definition) is 1. The van der Waals surface area contributed by atoms with Crippen LogP contribution in [-0.4, -0.2) is 16.7 Å². The second kappa shape index (κ2) is 7.99. The lowest BCUT2D eigenvalue weighted by Gasteiger charge is -2.10. The van der Waals surface area contributed by atoms with Crippen molar-refractivity contribution in [2.45, 2.75) is 27.2 Å². The molecule has 5 heteroatoms. The minimum absolute atomic E-state index is 0.357. The highest BCUT2D eigenvalue weighted by molar-refractivity contribution is 5.95. The third kappa shape index (κ3) is 4.14. The first-order chi connectivity index (χ1) is 13.0. The molecule has 1 N–H and O–H groups in total. The van der Waals surface area contributed by atoms with Gasteiger partial charge in [-0.1, -0.05) is 19.1 Å². The summed E-state index contributed by atoms with van der Waals surface area (Å²) < 4.78 is 15.1. The summed E-state index contributed by atoms with van der Waals surface area (Å²) in [6.45, 7) is 6.19. The molecule has 4 nitrogen and oxygen atoms in total. The maximum Gasteiger partial charge on any atom is 0.271 e. The highest BCUT2D eigenvalue weighted by Gasteiger charge is 2.10. The Morgan fingerprint density at radius 1 is 1.11 bits per heavy atom. The van der Waals surface area contributed by atoms with E-state index in [2.05, 4.69) is 46.3 Å². The van der Waals surface area contributed by atoms with Gasteiger partial charge in [-0.05, 0) is 68.3 Å². The zero-order valence-corrected chi connectivity index (χ0v) is 15.7. The Morgan fingerprint density at radius 3 is 2.41 bits per heavy atom. The van der Waals surface area contributed by atoms with Gasteiger partial charge in [0.15, 0.2) is 0 Å². The number of halogens is 1. The predicted molar refractivity (Wildman–Crippen MR) is 106 cm³/mol. The normalized spacial score (nSPS) is 11.1. The van der Waals surface area contributed by atoms with Crippen molar-refractivity contribution in [3.8, 4) is 5.69 Å². The molecule has 0 spiro atoms. The number of carbonyl (C=O) groups is 1. The molecule has 0 atom stereocenters. The van der Waals surface area contributed by atoms with Crippen LogP contribution in [0.15, 0.2) is 59.7 Å². The molecule has 1 heterocycles. The molecular formula is C22H22FN3O. The number of nitrogens with zero attached hydrogens (tertiary/aromatic N) is 2.